The summed E-state index contributed by atoms with van der Waals surface area (Å²) in [5.41, 5.74) is 0.803. The molecule has 0 aliphatic carbocycles. The van der Waals surface area contributed by atoms with Crippen LogP contribution in [0.3, 0.4) is 0 Å². The summed E-state index contributed by atoms with van der Waals surface area (Å²) in [6.45, 7) is 0. The normalized spacial score (nSPS) is 18.1. The summed E-state index contributed by atoms with van der Waals surface area (Å²) < 4.78 is 19.0. The highest BCUT2D eigenvalue weighted by Gasteiger charge is 2.35. The van der Waals surface area contributed by atoms with Gasteiger partial charge in [-0.15, -0.1) is 0 Å². The molecule has 0 unspecified atom stereocenters. The summed E-state index contributed by atoms with van der Waals surface area (Å²) in [6, 6.07) is 2.73. The minimum Gasteiger partial charge on any atom is -0.466 e. The van der Waals surface area contributed by atoms with E-state index >= 15 is 0 Å². The van der Waals surface area contributed by atoms with Gasteiger partial charge in [0, 0.05) is 11.1 Å². The number of hydrogen-bond donors (Lipinski definition) is 0. The Balaban J connectivity index is 2.13. The van der Waals surface area contributed by atoms with Crippen molar-refractivity contribution in [1.29, 1.82) is 0 Å². The van der Waals surface area contributed by atoms with Gasteiger partial charge >= 0.3 is 23.9 Å². The second kappa shape index (κ2) is 5.65. The maximum atomic E-state index is 12.0. The van der Waals surface area contributed by atoms with Crippen LogP contribution < -0.4 is 0 Å². The van der Waals surface area contributed by atoms with E-state index in [9.17, 15) is 19.2 Å². The predicted octanol–water partition coefficient (Wildman–Crippen LogP) is 1.06. The quantitative estimate of drug-likeness (QED) is 0.450. The molecule has 8 heteroatoms. The molecule has 0 bridgehead atoms. The Morgan fingerprint density at radius 1 is 0.792 bits per heavy atom. The molecule has 0 saturated heterocycles. The number of cyclic esters (lactones) is 2. The summed E-state index contributed by atoms with van der Waals surface area (Å²) in [7, 11) is 2.36. The molecule has 0 fully saturated rings. The van der Waals surface area contributed by atoms with Crippen molar-refractivity contribution in [3.8, 4) is 0 Å². The summed E-state index contributed by atoms with van der Waals surface area (Å²) in [5.74, 6) is -2.86. The Morgan fingerprint density at radius 2 is 1.17 bits per heavy atom. The molecule has 0 N–H and O–H groups in total. The summed E-state index contributed by atoms with van der Waals surface area (Å²) in [6.07, 6.45) is 2.00. The molecule has 1 aromatic rings. The first-order chi connectivity index (χ1) is 11.4. The predicted molar refractivity (Wildman–Crippen MR) is 77.3 cm³/mol. The Morgan fingerprint density at radius 3 is 1.50 bits per heavy atom. The number of methoxy groups -OCH3 is 2. The van der Waals surface area contributed by atoms with Gasteiger partial charge in [-0.05, 0) is 12.1 Å². The molecule has 2 aliphatic heterocycles. The number of benzene rings is 1. The molecule has 0 saturated carbocycles. The van der Waals surface area contributed by atoms with Crippen LogP contribution in [0.4, 0.5) is 0 Å². The number of esters is 4. The zero-order valence-electron chi connectivity index (χ0n) is 12.6. The highest BCUT2D eigenvalue weighted by Crippen LogP contribution is 2.38. The molecule has 2 aliphatic rings. The molecule has 24 heavy (non-hydrogen) atoms. The van der Waals surface area contributed by atoms with Crippen LogP contribution in [0.15, 0.2) is 24.3 Å². The minimum atomic E-state index is -0.708. The first kappa shape index (κ1) is 15.5. The lowest BCUT2D eigenvalue weighted by molar-refractivity contribution is -0.135. The van der Waals surface area contributed by atoms with Gasteiger partial charge in [0.05, 0.1) is 37.5 Å². The Bertz CT molecular complexity index is 787. The van der Waals surface area contributed by atoms with Crippen molar-refractivity contribution in [3.05, 3.63) is 46.5 Å². The molecular formula is C16H10O8. The van der Waals surface area contributed by atoms with Crippen LogP contribution in [0.2, 0.25) is 0 Å². The zero-order chi connectivity index (χ0) is 17.4. The SMILES string of the molecule is COC(=O)/C=C1\OC(=O)c2cc3c(cc21)C(=O)O/C3=C\C(=O)OC. The smallest absolute Gasteiger partial charge is 0.344 e. The van der Waals surface area contributed by atoms with Gasteiger partial charge in [-0.1, -0.05) is 0 Å². The van der Waals surface area contributed by atoms with Crippen LogP contribution in [0.25, 0.3) is 11.5 Å². The maximum absolute atomic E-state index is 12.0. The second-order valence-electron chi connectivity index (χ2n) is 4.79. The summed E-state index contributed by atoms with van der Waals surface area (Å²) in [4.78, 5) is 46.6. The van der Waals surface area contributed by atoms with Crippen molar-refractivity contribution in [2.75, 3.05) is 14.2 Å². The Kier molecular flexibility index (Phi) is 3.64. The fourth-order valence-corrected chi connectivity index (χ4v) is 2.31. The van der Waals surface area contributed by atoms with Crippen LogP contribution in [-0.2, 0) is 28.5 Å². The van der Waals surface area contributed by atoms with Gasteiger partial charge < -0.3 is 18.9 Å². The topological polar surface area (TPSA) is 105 Å². The van der Waals surface area contributed by atoms with E-state index in [0.29, 0.717) is 0 Å². The molecule has 1 aromatic carbocycles. The van der Waals surface area contributed by atoms with Crippen LogP contribution >= 0.6 is 0 Å². The van der Waals surface area contributed by atoms with Crippen molar-refractivity contribution >= 4 is 35.4 Å². The van der Waals surface area contributed by atoms with Crippen molar-refractivity contribution in [3.63, 3.8) is 0 Å². The second-order valence-corrected chi connectivity index (χ2v) is 4.79. The monoisotopic (exact) mass is 330 g/mol. The van der Waals surface area contributed by atoms with Gasteiger partial charge in [0.15, 0.2) is 0 Å². The van der Waals surface area contributed by atoms with Crippen molar-refractivity contribution in [2.45, 2.75) is 0 Å². The lowest BCUT2D eigenvalue weighted by Gasteiger charge is -2.00. The standard InChI is InChI=1S/C16H10O8/c1-21-13(17)5-11-7-3-10-8(4-9(7)15(19)23-11)12(24-16(10)20)6-14(18)22-2/h3-6H,1-2H3/b11-5-,12-6-. The highest BCUT2D eigenvalue weighted by atomic mass is 16.6. The van der Waals surface area contributed by atoms with Gasteiger partial charge in [-0.25, -0.2) is 19.2 Å². The number of carbonyl (C=O) groups is 4. The molecule has 0 radical (unpaired) electrons. The molecule has 0 amide bonds. The first-order valence-electron chi connectivity index (χ1n) is 6.67. The average Bonchev–Trinajstić information content (AvgIpc) is 3.03. The van der Waals surface area contributed by atoms with Crippen molar-refractivity contribution < 1.29 is 38.1 Å². The number of carbonyl (C=O) groups excluding carboxylic acids is 4. The van der Waals surface area contributed by atoms with Crippen LogP contribution in [0.5, 0.6) is 0 Å². The number of hydrogen-bond acceptors (Lipinski definition) is 8. The van der Waals surface area contributed by atoms with E-state index in [4.69, 9.17) is 9.47 Å². The molecule has 0 atom stereocenters. The maximum Gasteiger partial charge on any atom is 0.344 e. The van der Waals surface area contributed by atoms with E-state index in [1.807, 2.05) is 0 Å². The van der Waals surface area contributed by atoms with Gasteiger partial charge in [0.25, 0.3) is 0 Å². The largest absolute Gasteiger partial charge is 0.466 e. The Hall–Kier alpha value is -3.42. The lowest BCUT2D eigenvalue weighted by atomic mass is 9.98. The number of ether oxygens (including phenoxy) is 4. The summed E-state index contributed by atoms with van der Waals surface area (Å²) >= 11 is 0. The molecule has 3 rings (SSSR count). The fraction of sp³-hybridized carbons (Fsp3) is 0.125. The van der Waals surface area contributed by atoms with Crippen molar-refractivity contribution in [2.24, 2.45) is 0 Å². The molecule has 2 heterocycles. The third kappa shape index (κ3) is 2.43. The molecule has 0 aromatic heterocycles. The van der Waals surface area contributed by atoms with Crippen LogP contribution in [0.1, 0.15) is 31.8 Å². The van der Waals surface area contributed by atoms with Gasteiger partial charge in [-0.3, -0.25) is 0 Å². The molecular weight excluding hydrogens is 320 g/mol. The first-order valence-corrected chi connectivity index (χ1v) is 6.67. The Labute approximate surface area is 135 Å². The highest BCUT2D eigenvalue weighted by molar-refractivity contribution is 6.12. The van der Waals surface area contributed by atoms with E-state index in [1.165, 1.54) is 26.4 Å². The third-order valence-corrected chi connectivity index (χ3v) is 3.43. The lowest BCUT2D eigenvalue weighted by Crippen LogP contribution is -1.98. The molecule has 122 valence electrons. The van der Waals surface area contributed by atoms with E-state index < -0.39 is 23.9 Å². The zero-order valence-corrected chi connectivity index (χ0v) is 12.6. The van der Waals surface area contributed by atoms with E-state index in [-0.39, 0.29) is 33.8 Å². The third-order valence-electron chi connectivity index (χ3n) is 3.43. The van der Waals surface area contributed by atoms with Crippen LogP contribution in [0, 0.1) is 0 Å². The number of fused-ring (bicyclic) bond motifs is 2. The summed E-state index contributed by atoms with van der Waals surface area (Å²) in [5, 5.41) is 0. The van der Waals surface area contributed by atoms with Gasteiger partial charge in [-0.2, -0.15) is 0 Å². The van der Waals surface area contributed by atoms with E-state index in [0.717, 1.165) is 12.2 Å². The van der Waals surface area contributed by atoms with Crippen molar-refractivity contribution in [1.82, 2.24) is 0 Å². The van der Waals surface area contributed by atoms with E-state index in [1.54, 1.807) is 0 Å². The van der Waals surface area contributed by atoms with Gasteiger partial charge in [0.1, 0.15) is 11.5 Å². The molecule has 8 nitrogen and oxygen atoms in total. The van der Waals surface area contributed by atoms with Gasteiger partial charge in [0.2, 0.25) is 0 Å². The molecule has 0 spiro atoms. The van der Waals surface area contributed by atoms with Crippen LogP contribution in [-0.4, -0.2) is 38.1 Å². The van der Waals surface area contributed by atoms with E-state index in [2.05, 4.69) is 9.47 Å². The average molecular weight is 330 g/mol. The fourth-order valence-electron chi connectivity index (χ4n) is 2.31. The minimum absolute atomic E-state index is 0.0251. The number of rotatable bonds is 2.